The lowest BCUT2D eigenvalue weighted by Gasteiger charge is -2.15. The van der Waals surface area contributed by atoms with Crippen molar-refractivity contribution in [2.45, 2.75) is 31.3 Å². The van der Waals surface area contributed by atoms with E-state index in [-0.39, 0.29) is 0 Å². The molecule has 0 aliphatic carbocycles. The molecule has 1 saturated heterocycles. The van der Waals surface area contributed by atoms with Crippen LogP contribution in [0.3, 0.4) is 0 Å². The highest BCUT2D eigenvalue weighted by atomic mass is 31.2. The molecule has 21 heavy (non-hydrogen) atoms. The molecule has 6 nitrogen and oxygen atoms in total. The molecule has 0 bridgehead atoms. The van der Waals surface area contributed by atoms with Crippen molar-refractivity contribution in [1.29, 1.82) is 0 Å². The lowest BCUT2D eigenvalue weighted by atomic mass is 10.0. The predicted molar refractivity (Wildman–Crippen MR) is 79.4 cm³/mol. The first kappa shape index (κ1) is 16.2. The number of anilines is 1. The molecule has 0 spiro atoms. The van der Waals surface area contributed by atoms with E-state index >= 15 is 0 Å². The van der Waals surface area contributed by atoms with Gasteiger partial charge in [0, 0.05) is 19.9 Å². The Labute approximate surface area is 124 Å². The summed E-state index contributed by atoms with van der Waals surface area (Å²) in [6, 6.07) is 8.38. The first-order chi connectivity index (χ1) is 9.76. The summed E-state index contributed by atoms with van der Waals surface area (Å²) >= 11 is 0. The van der Waals surface area contributed by atoms with Gasteiger partial charge in [0.05, 0.1) is 0 Å². The van der Waals surface area contributed by atoms with Crippen LogP contribution in [0.4, 0.5) is 5.69 Å². The largest absolute Gasteiger partial charge is 0.383 e. The molecule has 1 aliphatic heterocycles. The van der Waals surface area contributed by atoms with E-state index in [2.05, 4.69) is 0 Å². The van der Waals surface area contributed by atoms with Crippen molar-refractivity contribution >= 4 is 19.1 Å². The fraction of sp³-hybridized carbons (Fsp3) is 0.500. The Morgan fingerprint density at radius 3 is 2.19 bits per heavy atom. The highest BCUT2D eigenvalue weighted by molar-refractivity contribution is 7.55. The van der Waals surface area contributed by atoms with Crippen LogP contribution in [0.1, 0.15) is 13.8 Å². The molecule has 1 aromatic rings. The molecule has 1 aromatic carbocycles. The topological polar surface area (TPSA) is 75.8 Å². The summed E-state index contributed by atoms with van der Waals surface area (Å²) in [5, 5.41) is 9.94. The molecule has 2 rings (SSSR count). The normalized spacial score (nSPS) is 22.2. The SMILES string of the molecule is COP(=O)(OC)C1C(C(=O)C(C)(C)O)N1c1ccccc1. The quantitative estimate of drug-likeness (QED) is 0.640. The Morgan fingerprint density at radius 1 is 1.24 bits per heavy atom. The number of Topliss-reactive ketones (excluding diaryl/α,β-unsaturated/α-hetero) is 1. The third-order valence-electron chi connectivity index (χ3n) is 3.54. The summed E-state index contributed by atoms with van der Waals surface area (Å²) in [5.41, 5.74) is -0.780. The number of rotatable bonds is 6. The molecular weight excluding hydrogens is 293 g/mol. The maximum Gasteiger partial charge on any atom is 0.355 e. The van der Waals surface area contributed by atoms with Crippen LogP contribution in [-0.4, -0.2) is 42.5 Å². The number of hydrogen-bond acceptors (Lipinski definition) is 6. The van der Waals surface area contributed by atoms with Gasteiger partial charge in [0.2, 0.25) is 0 Å². The molecule has 7 heteroatoms. The Bertz CT molecular complexity index is 560. The van der Waals surface area contributed by atoms with Crippen LogP contribution in [0.15, 0.2) is 30.3 Å². The second kappa shape index (κ2) is 5.54. The van der Waals surface area contributed by atoms with Gasteiger partial charge in [-0.15, -0.1) is 0 Å². The van der Waals surface area contributed by atoms with Gasteiger partial charge >= 0.3 is 7.60 Å². The van der Waals surface area contributed by atoms with E-state index in [1.165, 1.54) is 28.1 Å². The van der Waals surface area contributed by atoms with E-state index < -0.39 is 30.8 Å². The van der Waals surface area contributed by atoms with Crippen molar-refractivity contribution in [1.82, 2.24) is 0 Å². The zero-order valence-electron chi connectivity index (χ0n) is 12.5. The van der Waals surface area contributed by atoms with E-state index in [1.807, 2.05) is 18.2 Å². The first-order valence-electron chi connectivity index (χ1n) is 6.57. The molecule has 1 aliphatic rings. The molecule has 1 N–H and O–H groups in total. The minimum absolute atomic E-state index is 0.411. The molecule has 1 fully saturated rings. The first-order valence-corrected chi connectivity index (χ1v) is 8.18. The highest BCUT2D eigenvalue weighted by Gasteiger charge is 2.65. The molecule has 0 saturated carbocycles. The van der Waals surface area contributed by atoms with Gasteiger partial charge in [-0.25, -0.2) is 0 Å². The van der Waals surface area contributed by atoms with Crippen molar-refractivity contribution in [3.05, 3.63) is 30.3 Å². The van der Waals surface area contributed by atoms with Crippen LogP contribution in [0.25, 0.3) is 0 Å². The molecule has 2 atom stereocenters. The van der Waals surface area contributed by atoms with Crippen LogP contribution in [0.5, 0.6) is 0 Å². The number of ketones is 1. The van der Waals surface area contributed by atoms with Gasteiger partial charge in [-0.2, -0.15) is 0 Å². The second-order valence-electron chi connectivity index (χ2n) is 5.43. The monoisotopic (exact) mass is 313 g/mol. The molecule has 0 amide bonds. The number of aliphatic hydroxyl groups is 1. The summed E-state index contributed by atoms with van der Waals surface area (Å²) in [7, 11) is -0.871. The third-order valence-corrected chi connectivity index (χ3v) is 5.73. The van der Waals surface area contributed by atoms with Crippen LogP contribution in [0.2, 0.25) is 0 Å². The van der Waals surface area contributed by atoms with E-state index in [4.69, 9.17) is 9.05 Å². The third kappa shape index (κ3) is 2.90. The van der Waals surface area contributed by atoms with E-state index in [0.717, 1.165) is 5.69 Å². The summed E-state index contributed by atoms with van der Waals surface area (Å²) in [6.07, 6.45) is 0. The molecule has 116 valence electrons. The summed E-state index contributed by atoms with van der Waals surface area (Å²) in [5.74, 6) is -1.13. The van der Waals surface area contributed by atoms with Crippen molar-refractivity contribution in [3.8, 4) is 0 Å². The van der Waals surface area contributed by atoms with Crippen molar-refractivity contribution in [3.63, 3.8) is 0 Å². The summed E-state index contributed by atoms with van der Waals surface area (Å²) < 4.78 is 22.6. The number of benzene rings is 1. The number of carbonyl (C=O) groups is 1. The minimum Gasteiger partial charge on any atom is -0.383 e. The van der Waals surface area contributed by atoms with Crippen LogP contribution >= 0.6 is 7.60 Å². The lowest BCUT2D eigenvalue weighted by molar-refractivity contribution is -0.133. The number of nitrogens with zero attached hydrogens (tertiary/aromatic N) is 1. The Kier molecular flexibility index (Phi) is 4.26. The zero-order valence-corrected chi connectivity index (χ0v) is 13.4. The lowest BCUT2D eigenvalue weighted by Crippen LogP contribution is -2.36. The molecular formula is C14H20NO5P. The second-order valence-corrected chi connectivity index (χ2v) is 7.77. The average Bonchev–Trinajstić information content (AvgIpc) is 3.21. The fourth-order valence-corrected chi connectivity index (χ4v) is 4.08. The Balaban J connectivity index is 2.38. The maximum absolute atomic E-state index is 12.6. The number of hydrogen-bond donors (Lipinski definition) is 1. The van der Waals surface area contributed by atoms with Gasteiger partial charge < -0.3 is 19.1 Å². The number of para-hydroxylation sites is 1. The van der Waals surface area contributed by atoms with Gasteiger partial charge in [0.25, 0.3) is 0 Å². The van der Waals surface area contributed by atoms with Gasteiger partial charge in [-0.05, 0) is 26.0 Å². The Hall–Kier alpha value is -1.20. The minimum atomic E-state index is -3.45. The van der Waals surface area contributed by atoms with Gasteiger partial charge in [-0.1, -0.05) is 18.2 Å². The van der Waals surface area contributed by atoms with Gasteiger partial charge in [0.15, 0.2) is 11.6 Å². The smallest absolute Gasteiger partial charge is 0.355 e. The van der Waals surface area contributed by atoms with Crippen molar-refractivity contribution in [2.75, 3.05) is 19.1 Å². The van der Waals surface area contributed by atoms with E-state index in [1.54, 1.807) is 17.0 Å². The fourth-order valence-electron chi connectivity index (χ4n) is 2.37. The predicted octanol–water partition coefficient (Wildman–Crippen LogP) is 2.03. The highest BCUT2D eigenvalue weighted by Crippen LogP contribution is 2.63. The van der Waals surface area contributed by atoms with E-state index in [0.29, 0.717) is 0 Å². The van der Waals surface area contributed by atoms with Crippen LogP contribution in [0, 0.1) is 0 Å². The van der Waals surface area contributed by atoms with Crippen LogP contribution in [-0.2, 0) is 18.4 Å². The zero-order chi connectivity index (χ0) is 15.8. The molecule has 1 heterocycles. The summed E-state index contributed by atoms with van der Waals surface area (Å²) in [4.78, 5) is 14.0. The van der Waals surface area contributed by atoms with Gasteiger partial charge in [0.1, 0.15) is 11.6 Å². The molecule has 0 aromatic heterocycles. The maximum atomic E-state index is 12.6. The van der Waals surface area contributed by atoms with Crippen molar-refractivity contribution in [2.24, 2.45) is 0 Å². The molecule has 2 unspecified atom stereocenters. The van der Waals surface area contributed by atoms with Crippen molar-refractivity contribution < 1.29 is 23.5 Å². The van der Waals surface area contributed by atoms with Gasteiger partial charge in [-0.3, -0.25) is 9.36 Å². The molecule has 0 radical (unpaired) electrons. The van der Waals surface area contributed by atoms with E-state index in [9.17, 15) is 14.5 Å². The number of carbonyl (C=O) groups excluding carboxylic acids is 1. The average molecular weight is 313 g/mol. The standard InChI is InChI=1S/C14H20NO5P/c1-14(2,17)12(16)11-13(21(18,19-3)20-4)15(11)10-8-6-5-7-9-10/h5-9,11,13,17H,1-4H3. The Morgan fingerprint density at radius 2 is 1.76 bits per heavy atom. The summed E-state index contributed by atoms with van der Waals surface area (Å²) in [6.45, 7) is 2.83. The van der Waals surface area contributed by atoms with Crippen LogP contribution < -0.4 is 4.90 Å².